The summed E-state index contributed by atoms with van der Waals surface area (Å²) in [5.74, 6) is 0. The first-order valence-electron chi connectivity index (χ1n) is 6.32. The highest BCUT2D eigenvalue weighted by Gasteiger charge is 2.06. The third-order valence-corrected chi connectivity index (χ3v) is 3.87. The lowest BCUT2D eigenvalue weighted by atomic mass is 10.1. The van der Waals surface area contributed by atoms with Crippen molar-refractivity contribution in [1.29, 1.82) is 0 Å². The second-order valence-electron chi connectivity index (χ2n) is 4.39. The molecule has 0 saturated heterocycles. The van der Waals surface area contributed by atoms with Gasteiger partial charge in [0.05, 0.1) is 0 Å². The number of anilines is 1. The summed E-state index contributed by atoms with van der Waals surface area (Å²) in [6.45, 7) is 8.67. The Kier molecular flexibility index (Phi) is 5.63. The molecule has 94 valence electrons. The van der Waals surface area contributed by atoms with Gasteiger partial charge in [-0.15, -0.1) is 0 Å². The number of hydrogen-bond acceptors (Lipinski definition) is 2. The van der Waals surface area contributed by atoms with E-state index in [2.05, 4.69) is 45.9 Å². The van der Waals surface area contributed by atoms with E-state index in [9.17, 15) is 0 Å². The fraction of sp³-hybridized carbons (Fsp3) is 0.467. The van der Waals surface area contributed by atoms with Gasteiger partial charge in [-0.2, -0.15) is 0 Å². The van der Waals surface area contributed by atoms with Gasteiger partial charge in [0.25, 0.3) is 0 Å². The number of nitrogens with two attached hydrogens (primary N) is 1. The zero-order valence-electron chi connectivity index (χ0n) is 11.3. The van der Waals surface area contributed by atoms with Gasteiger partial charge in [-0.25, -0.2) is 0 Å². The van der Waals surface area contributed by atoms with E-state index in [-0.39, 0.29) is 0 Å². The number of rotatable bonds is 5. The average molecular weight is 249 g/mol. The Morgan fingerprint density at radius 1 is 1.35 bits per heavy atom. The molecule has 0 unspecified atom stereocenters. The fourth-order valence-corrected chi connectivity index (χ4v) is 2.86. The van der Waals surface area contributed by atoms with Crippen molar-refractivity contribution < 1.29 is 0 Å². The Morgan fingerprint density at radius 3 is 2.65 bits per heavy atom. The Morgan fingerprint density at radius 2 is 2.06 bits per heavy atom. The second-order valence-corrected chi connectivity index (χ2v) is 5.68. The monoisotopic (exact) mass is 249 g/mol. The molecular weight excluding hydrogens is 226 g/mol. The summed E-state index contributed by atoms with van der Waals surface area (Å²) in [7, 11) is 0. The van der Waals surface area contributed by atoms with Gasteiger partial charge < -0.3 is 5.73 Å². The molecule has 0 amide bonds. The smallest absolute Gasteiger partial charge is 0.0358 e. The Bertz CT molecular complexity index is 408. The van der Waals surface area contributed by atoms with Crippen LogP contribution in [-0.2, 0) is 6.42 Å². The van der Waals surface area contributed by atoms with Crippen LogP contribution in [0.15, 0.2) is 28.0 Å². The maximum atomic E-state index is 6.09. The van der Waals surface area contributed by atoms with Gasteiger partial charge in [0.15, 0.2) is 0 Å². The van der Waals surface area contributed by atoms with Crippen molar-refractivity contribution in [3.8, 4) is 0 Å². The summed E-state index contributed by atoms with van der Waals surface area (Å²) in [6, 6.07) is 4.36. The average Bonchev–Trinajstić information content (AvgIpc) is 2.26. The van der Waals surface area contributed by atoms with E-state index in [1.807, 2.05) is 11.8 Å². The third-order valence-electron chi connectivity index (χ3n) is 2.72. The number of benzene rings is 1. The third kappa shape index (κ3) is 4.12. The molecule has 2 heteroatoms. The minimum absolute atomic E-state index is 0.934. The van der Waals surface area contributed by atoms with Crippen LogP contribution in [0.25, 0.3) is 0 Å². The van der Waals surface area contributed by atoms with Gasteiger partial charge in [-0.3, -0.25) is 0 Å². The maximum Gasteiger partial charge on any atom is 0.0358 e. The van der Waals surface area contributed by atoms with E-state index in [0.29, 0.717) is 0 Å². The van der Waals surface area contributed by atoms with Gasteiger partial charge in [0.2, 0.25) is 0 Å². The molecule has 0 aliphatic heterocycles. The first-order chi connectivity index (χ1) is 8.08. The van der Waals surface area contributed by atoms with Crippen LogP contribution >= 0.6 is 11.8 Å². The topological polar surface area (TPSA) is 26.0 Å². The molecular formula is C15H23NS. The molecule has 17 heavy (non-hydrogen) atoms. The molecule has 2 N–H and O–H groups in total. The van der Waals surface area contributed by atoms with Crippen molar-refractivity contribution in [2.24, 2.45) is 0 Å². The summed E-state index contributed by atoms with van der Waals surface area (Å²) >= 11 is 1.82. The molecule has 0 aromatic heterocycles. The number of nitrogen functional groups attached to an aromatic ring is 1. The van der Waals surface area contributed by atoms with Crippen LogP contribution < -0.4 is 5.73 Å². The molecule has 0 aliphatic rings. The molecule has 0 aliphatic carbocycles. The predicted octanol–water partition coefficient (Wildman–Crippen LogP) is 4.94. The van der Waals surface area contributed by atoms with Gasteiger partial charge >= 0.3 is 0 Å². The molecule has 0 fully saturated rings. The van der Waals surface area contributed by atoms with Crippen LogP contribution in [0.4, 0.5) is 5.69 Å². The van der Waals surface area contributed by atoms with Crippen molar-refractivity contribution in [2.75, 3.05) is 5.73 Å². The summed E-state index contributed by atoms with van der Waals surface area (Å²) in [4.78, 5) is 2.63. The summed E-state index contributed by atoms with van der Waals surface area (Å²) in [6.07, 6.45) is 5.55. The quantitative estimate of drug-likeness (QED) is 0.591. The molecule has 1 nitrogen and oxygen atoms in total. The van der Waals surface area contributed by atoms with Crippen molar-refractivity contribution in [2.45, 2.75) is 51.9 Å². The molecule has 1 aromatic carbocycles. The Balaban J connectivity index is 2.95. The van der Waals surface area contributed by atoms with Crippen LogP contribution in [0, 0.1) is 6.92 Å². The van der Waals surface area contributed by atoms with Gasteiger partial charge in [-0.1, -0.05) is 44.2 Å². The van der Waals surface area contributed by atoms with Crippen LogP contribution in [0.3, 0.4) is 0 Å². The van der Waals surface area contributed by atoms with Crippen molar-refractivity contribution in [3.63, 3.8) is 0 Å². The highest BCUT2D eigenvalue weighted by atomic mass is 32.2. The minimum atomic E-state index is 0.934. The molecule has 0 saturated carbocycles. The number of thioether (sulfide) groups is 1. The van der Waals surface area contributed by atoms with Crippen LogP contribution in [0.1, 0.15) is 44.7 Å². The molecule has 1 aromatic rings. The van der Waals surface area contributed by atoms with E-state index in [4.69, 9.17) is 5.73 Å². The van der Waals surface area contributed by atoms with Gasteiger partial charge in [0, 0.05) is 10.6 Å². The lowest BCUT2D eigenvalue weighted by Crippen LogP contribution is -1.96. The van der Waals surface area contributed by atoms with Gasteiger partial charge in [-0.05, 0) is 48.8 Å². The zero-order chi connectivity index (χ0) is 12.8. The molecule has 0 spiro atoms. The summed E-state index contributed by atoms with van der Waals surface area (Å²) in [5, 5.41) is 0. The van der Waals surface area contributed by atoms with Crippen molar-refractivity contribution in [3.05, 3.63) is 34.2 Å². The normalized spacial score (nSPS) is 11.9. The summed E-state index contributed by atoms with van der Waals surface area (Å²) in [5.41, 5.74) is 9.64. The maximum absolute atomic E-state index is 6.09. The fourth-order valence-electron chi connectivity index (χ4n) is 1.86. The molecule has 0 bridgehead atoms. The predicted molar refractivity (Wildman–Crippen MR) is 79.5 cm³/mol. The molecule has 0 radical (unpaired) electrons. The standard InChI is InChI=1S/C15H23NS/c1-5-7-12(4)17-15-10-14(16)13(8-6-2)9-11(15)3/h7,9-10H,5-6,8,16H2,1-4H3/b12-7+. The van der Waals surface area contributed by atoms with Crippen molar-refractivity contribution in [1.82, 2.24) is 0 Å². The first-order valence-corrected chi connectivity index (χ1v) is 7.13. The lowest BCUT2D eigenvalue weighted by molar-refractivity contribution is 0.920. The molecule has 0 atom stereocenters. The van der Waals surface area contributed by atoms with E-state index in [1.165, 1.54) is 20.9 Å². The minimum Gasteiger partial charge on any atom is -0.398 e. The molecule has 0 heterocycles. The van der Waals surface area contributed by atoms with Crippen LogP contribution in [-0.4, -0.2) is 0 Å². The largest absolute Gasteiger partial charge is 0.398 e. The highest BCUT2D eigenvalue weighted by molar-refractivity contribution is 8.03. The molecule has 1 rings (SSSR count). The Labute approximate surface area is 109 Å². The number of allylic oxidation sites excluding steroid dienone is 2. The second kappa shape index (κ2) is 6.75. The Hall–Kier alpha value is -0.890. The highest BCUT2D eigenvalue weighted by Crippen LogP contribution is 2.32. The zero-order valence-corrected chi connectivity index (χ0v) is 12.2. The number of aryl methyl sites for hydroxylation is 2. The first kappa shape index (κ1) is 14.2. The van der Waals surface area contributed by atoms with E-state index < -0.39 is 0 Å². The van der Waals surface area contributed by atoms with Crippen LogP contribution in [0.5, 0.6) is 0 Å². The van der Waals surface area contributed by atoms with Crippen molar-refractivity contribution >= 4 is 17.4 Å². The lowest BCUT2D eigenvalue weighted by Gasteiger charge is -2.11. The SMILES string of the molecule is CC/C=C(\C)Sc1cc(N)c(CCC)cc1C. The number of hydrogen-bond donors (Lipinski definition) is 1. The van der Waals surface area contributed by atoms with Crippen LogP contribution in [0.2, 0.25) is 0 Å². The summed E-state index contributed by atoms with van der Waals surface area (Å²) < 4.78 is 0. The van der Waals surface area contributed by atoms with E-state index >= 15 is 0 Å². The van der Waals surface area contributed by atoms with E-state index in [1.54, 1.807) is 0 Å². The van der Waals surface area contributed by atoms with E-state index in [0.717, 1.165) is 24.9 Å². The van der Waals surface area contributed by atoms with Gasteiger partial charge in [0.1, 0.15) is 0 Å².